The molecule has 1 aromatic rings. The monoisotopic (exact) mass is 343 g/mol. The Morgan fingerprint density at radius 3 is 2.55 bits per heavy atom. The molecular formula is C14H18BrNO4. The number of aliphatic carboxylic acids is 1. The highest BCUT2D eigenvalue weighted by atomic mass is 79.9. The predicted molar refractivity (Wildman–Crippen MR) is 78.7 cm³/mol. The lowest BCUT2D eigenvalue weighted by Crippen LogP contribution is -2.40. The van der Waals surface area contributed by atoms with Crippen LogP contribution in [0.5, 0.6) is 5.75 Å². The van der Waals surface area contributed by atoms with Gasteiger partial charge in [-0.15, -0.1) is 0 Å². The van der Waals surface area contributed by atoms with E-state index in [9.17, 15) is 9.59 Å². The molecule has 2 N–H and O–H groups in total. The van der Waals surface area contributed by atoms with E-state index in [1.165, 1.54) is 0 Å². The third-order valence-corrected chi connectivity index (χ3v) is 3.20. The van der Waals surface area contributed by atoms with Gasteiger partial charge in [0.25, 0.3) is 0 Å². The molecule has 0 aliphatic rings. The zero-order valence-electron chi connectivity index (χ0n) is 11.3. The lowest BCUT2D eigenvalue weighted by atomic mass is 10.2. The minimum atomic E-state index is -1.01. The topological polar surface area (TPSA) is 75.6 Å². The highest BCUT2D eigenvalue weighted by molar-refractivity contribution is 9.10. The van der Waals surface area contributed by atoms with Gasteiger partial charge in [0.05, 0.1) is 6.61 Å². The Bertz CT molecular complexity index is 447. The number of rotatable bonds is 8. The summed E-state index contributed by atoms with van der Waals surface area (Å²) in [7, 11) is 0. The van der Waals surface area contributed by atoms with Crippen molar-refractivity contribution in [3.8, 4) is 5.75 Å². The van der Waals surface area contributed by atoms with Gasteiger partial charge in [-0.2, -0.15) is 0 Å². The average Bonchev–Trinajstić information content (AvgIpc) is 2.42. The van der Waals surface area contributed by atoms with E-state index < -0.39 is 12.0 Å². The number of carbonyl (C=O) groups excluding carboxylic acids is 1. The number of carboxylic acid groups (broad SMARTS) is 1. The van der Waals surface area contributed by atoms with Crippen LogP contribution in [0.15, 0.2) is 28.7 Å². The number of ether oxygens (including phenoxy) is 1. The molecule has 1 unspecified atom stereocenters. The molecule has 0 saturated heterocycles. The lowest BCUT2D eigenvalue weighted by molar-refractivity contribution is -0.141. The van der Waals surface area contributed by atoms with Gasteiger partial charge in [-0.1, -0.05) is 22.9 Å². The molecule has 110 valence electrons. The molecular weight excluding hydrogens is 326 g/mol. The summed E-state index contributed by atoms with van der Waals surface area (Å²) in [5, 5.41) is 11.3. The number of carboxylic acids is 1. The summed E-state index contributed by atoms with van der Waals surface area (Å²) in [6, 6.07) is 6.61. The van der Waals surface area contributed by atoms with Gasteiger partial charge in [0.2, 0.25) is 5.91 Å². The highest BCUT2D eigenvalue weighted by Gasteiger charge is 2.16. The summed E-state index contributed by atoms with van der Waals surface area (Å²) in [5.74, 6) is -0.531. The zero-order valence-corrected chi connectivity index (χ0v) is 12.9. The first-order valence-electron chi connectivity index (χ1n) is 6.43. The van der Waals surface area contributed by atoms with Crippen LogP contribution in [0.3, 0.4) is 0 Å². The van der Waals surface area contributed by atoms with Crippen molar-refractivity contribution < 1.29 is 19.4 Å². The molecule has 6 heteroatoms. The van der Waals surface area contributed by atoms with Gasteiger partial charge < -0.3 is 15.2 Å². The van der Waals surface area contributed by atoms with Crippen molar-refractivity contribution in [2.75, 3.05) is 6.61 Å². The fourth-order valence-electron chi connectivity index (χ4n) is 1.56. The van der Waals surface area contributed by atoms with E-state index in [-0.39, 0.29) is 12.3 Å². The van der Waals surface area contributed by atoms with Crippen LogP contribution in [0.1, 0.15) is 26.2 Å². The minimum absolute atomic E-state index is 0.250. The van der Waals surface area contributed by atoms with Crippen LogP contribution < -0.4 is 10.1 Å². The number of amides is 1. The second kappa shape index (κ2) is 8.58. The normalized spacial score (nSPS) is 11.7. The summed E-state index contributed by atoms with van der Waals surface area (Å²) < 4.78 is 6.45. The third-order valence-electron chi connectivity index (χ3n) is 2.67. The fraction of sp³-hybridized carbons (Fsp3) is 0.429. The second-order valence-corrected chi connectivity index (χ2v) is 5.19. The Labute approximate surface area is 126 Å². The van der Waals surface area contributed by atoms with E-state index in [1.54, 1.807) is 6.92 Å². The molecule has 1 atom stereocenters. The van der Waals surface area contributed by atoms with E-state index in [0.29, 0.717) is 19.4 Å². The molecule has 5 nitrogen and oxygen atoms in total. The maximum absolute atomic E-state index is 11.5. The molecule has 20 heavy (non-hydrogen) atoms. The number of carbonyl (C=O) groups is 2. The van der Waals surface area contributed by atoms with Gasteiger partial charge >= 0.3 is 5.97 Å². The maximum atomic E-state index is 11.5. The highest BCUT2D eigenvalue weighted by Crippen LogP contribution is 2.16. The first-order chi connectivity index (χ1) is 9.52. The van der Waals surface area contributed by atoms with Gasteiger partial charge in [-0.05, 0) is 37.1 Å². The summed E-state index contributed by atoms with van der Waals surface area (Å²) >= 11 is 3.33. The van der Waals surface area contributed by atoms with E-state index in [2.05, 4.69) is 21.2 Å². The van der Waals surface area contributed by atoms with Crippen LogP contribution in [0.4, 0.5) is 0 Å². The molecule has 0 aliphatic carbocycles. The van der Waals surface area contributed by atoms with Crippen molar-refractivity contribution in [3.05, 3.63) is 28.7 Å². The summed E-state index contributed by atoms with van der Waals surface area (Å²) in [6.45, 7) is 2.13. The molecule has 0 fully saturated rings. The summed E-state index contributed by atoms with van der Waals surface area (Å²) in [5.41, 5.74) is 0. The standard InChI is InChI=1S/C14H18BrNO4/c1-2-12(14(18)19)16-13(17)4-3-9-20-11-7-5-10(15)6-8-11/h5-8,12H,2-4,9H2,1H3,(H,16,17)(H,18,19). The van der Waals surface area contributed by atoms with Gasteiger partial charge in [-0.3, -0.25) is 4.79 Å². The lowest BCUT2D eigenvalue weighted by Gasteiger charge is -2.12. The smallest absolute Gasteiger partial charge is 0.326 e. The Morgan fingerprint density at radius 2 is 2.00 bits per heavy atom. The van der Waals surface area contributed by atoms with E-state index in [4.69, 9.17) is 9.84 Å². The van der Waals surface area contributed by atoms with Crippen molar-refractivity contribution in [2.45, 2.75) is 32.2 Å². The molecule has 0 aromatic heterocycles. The fourth-order valence-corrected chi connectivity index (χ4v) is 1.82. The van der Waals surface area contributed by atoms with Crippen molar-refractivity contribution in [2.24, 2.45) is 0 Å². The molecule has 1 rings (SSSR count). The quantitative estimate of drug-likeness (QED) is 0.711. The number of hydrogen-bond acceptors (Lipinski definition) is 3. The number of benzene rings is 1. The molecule has 0 saturated carbocycles. The third kappa shape index (κ3) is 6.06. The number of nitrogens with one attached hydrogen (secondary N) is 1. The van der Waals surface area contributed by atoms with Crippen molar-refractivity contribution in [3.63, 3.8) is 0 Å². The minimum Gasteiger partial charge on any atom is -0.494 e. The van der Waals surface area contributed by atoms with E-state index in [0.717, 1.165) is 10.2 Å². The van der Waals surface area contributed by atoms with Crippen LogP contribution in [0.2, 0.25) is 0 Å². The van der Waals surface area contributed by atoms with Gasteiger partial charge in [-0.25, -0.2) is 4.79 Å². The van der Waals surface area contributed by atoms with Crippen LogP contribution in [-0.4, -0.2) is 29.6 Å². The second-order valence-electron chi connectivity index (χ2n) is 4.27. The molecule has 0 bridgehead atoms. The van der Waals surface area contributed by atoms with E-state index >= 15 is 0 Å². The van der Waals surface area contributed by atoms with Crippen molar-refractivity contribution in [1.29, 1.82) is 0 Å². The number of hydrogen-bond donors (Lipinski definition) is 2. The number of halogens is 1. The summed E-state index contributed by atoms with van der Waals surface area (Å²) in [6.07, 6.45) is 1.16. The Hall–Kier alpha value is -1.56. The van der Waals surface area contributed by atoms with Crippen LogP contribution in [0.25, 0.3) is 0 Å². The SMILES string of the molecule is CCC(NC(=O)CCCOc1ccc(Br)cc1)C(=O)O. The van der Waals surface area contributed by atoms with Crippen LogP contribution in [-0.2, 0) is 9.59 Å². The molecule has 0 spiro atoms. The Balaban J connectivity index is 2.22. The molecule has 0 aliphatic heterocycles. The molecule has 0 heterocycles. The van der Waals surface area contributed by atoms with Gasteiger partial charge in [0.15, 0.2) is 0 Å². The molecule has 0 radical (unpaired) electrons. The van der Waals surface area contributed by atoms with Crippen LogP contribution in [0, 0.1) is 0 Å². The maximum Gasteiger partial charge on any atom is 0.326 e. The van der Waals surface area contributed by atoms with Crippen molar-refractivity contribution >= 4 is 27.8 Å². The van der Waals surface area contributed by atoms with Gasteiger partial charge in [0.1, 0.15) is 11.8 Å². The van der Waals surface area contributed by atoms with Gasteiger partial charge in [0, 0.05) is 10.9 Å². The van der Waals surface area contributed by atoms with Crippen LogP contribution >= 0.6 is 15.9 Å². The average molecular weight is 344 g/mol. The van der Waals surface area contributed by atoms with E-state index in [1.807, 2.05) is 24.3 Å². The first-order valence-corrected chi connectivity index (χ1v) is 7.22. The Morgan fingerprint density at radius 1 is 1.35 bits per heavy atom. The van der Waals surface area contributed by atoms with Crippen molar-refractivity contribution in [1.82, 2.24) is 5.32 Å². The molecule has 1 amide bonds. The summed E-state index contributed by atoms with van der Waals surface area (Å²) in [4.78, 5) is 22.3. The molecule has 1 aromatic carbocycles. The predicted octanol–water partition coefficient (Wildman–Crippen LogP) is 2.59. The largest absolute Gasteiger partial charge is 0.494 e. The zero-order chi connectivity index (χ0) is 15.0. The first kappa shape index (κ1) is 16.5. The Kier molecular flexibility index (Phi) is 7.08.